The summed E-state index contributed by atoms with van der Waals surface area (Å²) in [7, 11) is 0. The van der Waals surface area contributed by atoms with Crippen molar-refractivity contribution in [3.8, 4) is 0 Å². The van der Waals surface area contributed by atoms with Gasteiger partial charge in [-0.25, -0.2) is 4.98 Å². The van der Waals surface area contributed by atoms with Crippen LogP contribution in [0.15, 0.2) is 48.8 Å². The standard InChI is InChI=1S/C12H14N2/c1-3-12(11-13-8-9-14-11)6-4-10(2)5-7-12/h3-6,8-9H,1,7H2,2H3,(H,13,14). The van der Waals surface area contributed by atoms with Crippen LogP contribution in [-0.2, 0) is 5.41 Å². The first kappa shape index (κ1) is 9.00. The van der Waals surface area contributed by atoms with Crippen molar-refractivity contribution in [2.45, 2.75) is 18.8 Å². The molecule has 1 unspecified atom stereocenters. The Morgan fingerprint density at radius 1 is 1.64 bits per heavy atom. The molecule has 2 nitrogen and oxygen atoms in total. The minimum Gasteiger partial charge on any atom is -0.348 e. The van der Waals surface area contributed by atoms with E-state index in [1.54, 1.807) is 6.20 Å². The van der Waals surface area contributed by atoms with Crippen LogP contribution in [0.5, 0.6) is 0 Å². The number of nitrogens with zero attached hydrogens (tertiary/aromatic N) is 1. The van der Waals surface area contributed by atoms with Gasteiger partial charge in [-0.05, 0) is 13.3 Å². The minimum atomic E-state index is -0.136. The summed E-state index contributed by atoms with van der Waals surface area (Å²) < 4.78 is 0. The zero-order chi connectivity index (χ0) is 10.0. The Balaban J connectivity index is 2.39. The molecule has 0 fully saturated rings. The zero-order valence-electron chi connectivity index (χ0n) is 8.33. The minimum absolute atomic E-state index is 0.136. The highest BCUT2D eigenvalue weighted by Crippen LogP contribution is 2.32. The molecule has 1 aliphatic carbocycles. The molecule has 1 N–H and O–H groups in total. The van der Waals surface area contributed by atoms with Crippen LogP contribution in [0.4, 0.5) is 0 Å². The number of aromatic amines is 1. The second-order valence-electron chi connectivity index (χ2n) is 3.67. The van der Waals surface area contributed by atoms with Crippen molar-refractivity contribution < 1.29 is 0 Å². The fourth-order valence-corrected chi connectivity index (χ4v) is 1.69. The molecule has 0 aromatic carbocycles. The maximum Gasteiger partial charge on any atom is 0.120 e. The third-order valence-electron chi connectivity index (χ3n) is 2.71. The number of hydrogen-bond acceptors (Lipinski definition) is 1. The second kappa shape index (κ2) is 3.29. The Kier molecular flexibility index (Phi) is 2.12. The molecular weight excluding hydrogens is 172 g/mol. The highest BCUT2D eigenvalue weighted by Gasteiger charge is 2.28. The fourth-order valence-electron chi connectivity index (χ4n) is 1.69. The number of rotatable bonds is 2. The van der Waals surface area contributed by atoms with Crippen LogP contribution >= 0.6 is 0 Å². The summed E-state index contributed by atoms with van der Waals surface area (Å²) in [6.45, 7) is 6.00. The number of allylic oxidation sites excluding steroid dienone is 5. The molecule has 2 rings (SSSR count). The van der Waals surface area contributed by atoms with Crippen molar-refractivity contribution in [1.82, 2.24) is 9.97 Å². The van der Waals surface area contributed by atoms with Crippen molar-refractivity contribution in [2.75, 3.05) is 0 Å². The second-order valence-corrected chi connectivity index (χ2v) is 3.67. The van der Waals surface area contributed by atoms with Crippen molar-refractivity contribution in [2.24, 2.45) is 0 Å². The molecule has 72 valence electrons. The van der Waals surface area contributed by atoms with Crippen LogP contribution in [0.3, 0.4) is 0 Å². The molecular formula is C12H14N2. The monoisotopic (exact) mass is 186 g/mol. The highest BCUT2D eigenvalue weighted by atomic mass is 14.9. The summed E-state index contributed by atoms with van der Waals surface area (Å²) in [5, 5.41) is 0. The van der Waals surface area contributed by atoms with Gasteiger partial charge in [0.05, 0.1) is 5.41 Å². The molecule has 0 radical (unpaired) electrons. The van der Waals surface area contributed by atoms with E-state index in [0.717, 1.165) is 12.2 Å². The predicted molar refractivity (Wildman–Crippen MR) is 58.0 cm³/mol. The molecule has 1 aromatic heterocycles. The lowest BCUT2D eigenvalue weighted by Crippen LogP contribution is -2.23. The van der Waals surface area contributed by atoms with E-state index in [2.05, 4.69) is 41.7 Å². The number of nitrogens with one attached hydrogen (secondary N) is 1. The first-order valence-corrected chi connectivity index (χ1v) is 4.76. The van der Waals surface area contributed by atoms with Gasteiger partial charge in [0, 0.05) is 12.4 Å². The van der Waals surface area contributed by atoms with Gasteiger partial charge in [0.1, 0.15) is 5.82 Å². The molecule has 1 atom stereocenters. The van der Waals surface area contributed by atoms with Crippen LogP contribution in [0, 0.1) is 0 Å². The van der Waals surface area contributed by atoms with Gasteiger partial charge in [0.15, 0.2) is 0 Å². The normalized spacial score (nSPS) is 25.9. The quantitative estimate of drug-likeness (QED) is 0.707. The smallest absolute Gasteiger partial charge is 0.120 e. The van der Waals surface area contributed by atoms with E-state index < -0.39 is 0 Å². The molecule has 0 aliphatic heterocycles. The molecule has 0 amide bonds. The molecule has 1 aliphatic rings. The number of hydrogen-bond donors (Lipinski definition) is 1. The van der Waals surface area contributed by atoms with E-state index >= 15 is 0 Å². The molecule has 14 heavy (non-hydrogen) atoms. The molecule has 2 heteroatoms. The summed E-state index contributed by atoms with van der Waals surface area (Å²) in [6.07, 6.45) is 13.0. The van der Waals surface area contributed by atoms with Crippen LogP contribution in [-0.4, -0.2) is 9.97 Å². The lowest BCUT2D eigenvalue weighted by atomic mass is 9.79. The maximum atomic E-state index is 4.30. The molecule has 0 saturated heterocycles. The average Bonchev–Trinajstić information content (AvgIpc) is 2.73. The SMILES string of the molecule is C=CC1(c2ncc[nH]2)C=CC(C)=CC1. The Labute approximate surface area is 84.1 Å². The largest absolute Gasteiger partial charge is 0.348 e. The van der Waals surface area contributed by atoms with Gasteiger partial charge < -0.3 is 4.98 Å². The fraction of sp³-hybridized carbons (Fsp3) is 0.250. The van der Waals surface area contributed by atoms with E-state index in [4.69, 9.17) is 0 Å². The molecule has 1 heterocycles. The third kappa shape index (κ3) is 1.33. The summed E-state index contributed by atoms with van der Waals surface area (Å²) in [6, 6.07) is 0. The summed E-state index contributed by atoms with van der Waals surface area (Å²) in [4.78, 5) is 7.45. The van der Waals surface area contributed by atoms with Crippen molar-refractivity contribution >= 4 is 0 Å². The first-order valence-electron chi connectivity index (χ1n) is 4.76. The summed E-state index contributed by atoms with van der Waals surface area (Å²) >= 11 is 0. The van der Waals surface area contributed by atoms with Crippen LogP contribution < -0.4 is 0 Å². The van der Waals surface area contributed by atoms with Crippen LogP contribution in [0.2, 0.25) is 0 Å². The van der Waals surface area contributed by atoms with Gasteiger partial charge in [-0.2, -0.15) is 0 Å². The number of H-pyrrole nitrogens is 1. The molecule has 0 bridgehead atoms. The Morgan fingerprint density at radius 2 is 2.50 bits per heavy atom. The summed E-state index contributed by atoms with van der Waals surface area (Å²) in [5.74, 6) is 0.965. The van der Waals surface area contributed by atoms with E-state index in [1.165, 1.54) is 5.57 Å². The van der Waals surface area contributed by atoms with Crippen LogP contribution in [0.25, 0.3) is 0 Å². The average molecular weight is 186 g/mol. The Hall–Kier alpha value is -1.57. The van der Waals surface area contributed by atoms with E-state index in [9.17, 15) is 0 Å². The number of imidazole rings is 1. The van der Waals surface area contributed by atoms with Gasteiger partial charge in [-0.15, -0.1) is 6.58 Å². The molecule has 1 aromatic rings. The van der Waals surface area contributed by atoms with Gasteiger partial charge in [-0.1, -0.05) is 29.9 Å². The number of aromatic nitrogens is 2. The molecule has 0 saturated carbocycles. The van der Waals surface area contributed by atoms with E-state index in [-0.39, 0.29) is 5.41 Å². The lowest BCUT2D eigenvalue weighted by molar-refractivity contribution is 0.629. The Morgan fingerprint density at radius 3 is 3.00 bits per heavy atom. The molecule has 0 spiro atoms. The van der Waals surface area contributed by atoms with Gasteiger partial charge in [0.25, 0.3) is 0 Å². The Bertz CT molecular complexity index is 384. The lowest BCUT2D eigenvalue weighted by Gasteiger charge is -2.26. The van der Waals surface area contributed by atoms with Crippen LogP contribution in [0.1, 0.15) is 19.2 Å². The predicted octanol–water partition coefficient (Wildman–Crippen LogP) is 2.74. The van der Waals surface area contributed by atoms with Gasteiger partial charge >= 0.3 is 0 Å². The first-order chi connectivity index (χ1) is 6.77. The third-order valence-corrected chi connectivity index (χ3v) is 2.71. The highest BCUT2D eigenvalue weighted by molar-refractivity contribution is 5.36. The van der Waals surface area contributed by atoms with Crippen molar-refractivity contribution in [3.05, 3.63) is 54.7 Å². The van der Waals surface area contributed by atoms with Gasteiger partial charge in [0.2, 0.25) is 0 Å². The van der Waals surface area contributed by atoms with E-state index in [0.29, 0.717) is 0 Å². The van der Waals surface area contributed by atoms with E-state index in [1.807, 2.05) is 12.3 Å². The zero-order valence-corrected chi connectivity index (χ0v) is 8.33. The maximum absolute atomic E-state index is 4.30. The van der Waals surface area contributed by atoms with Crippen molar-refractivity contribution in [1.29, 1.82) is 0 Å². The van der Waals surface area contributed by atoms with Crippen molar-refractivity contribution in [3.63, 3.8) is 0 Å². The summed E-state index contributed by atoms with van der Waals surface area (Å²) in [5.41, 5.74) is 1.16. The topological polar surface area (TPSA) is 28.7 Å². The van der Waals surface area contributed by atoms with Gasteiger partial charge in [-0.3, -0.25) is 0 Å².